The maximum absolute atomic E-state index is 12.2. The minimum Gasteiger partial charge on any atom is -0.341 e. The summed E-state index contributed by atoms with van der Waals surface area (Å²) in [5, 5.41) is 6.98. The van der Waals surface area contributed by atoms with Crippen molar-refractivity contribution < 1.29 is 4.79 Å². The van der Waals surface area contributed by atoms with Gasteiger partial charge in [-0.15, -0.1) is 0 Å². The van der Waals surface area contributed by atoms with Crippen molar-refractivity contribution in [2.75, 3.05) is 13.1 Å². The largest absolute Gasteiger partial charge is 0.341 e. The number of carbonyl (C=O) groups is 1. The molecule has 1 aromatic rings. The van der Waals surface area contributed by atoms with Gasteiger partial charge in [0.1, 0.15) is 0 Å². The van der Waals surface area contributed by atoms with Crippen molar-refractivity contribution in [2.24, 2.45) is 11.7 Å². The van der Waals surface area contributed by atoms with Gasteiger partial charge in [0.15, 0.2) is 0 Å². The molecule has 0 bridgehead atoms. The Labute approximate surface area is 108 Å². The monoisotopic (exact) mass is 250 g/mol. The number of hydrogen-bond donors (Lipinski definition) is 2. The average molecular weight is 250 g/mol. The highest BCUT2D eigenvalue weighted by atomic mass is 16.2. The minimum atomic E-state index is -0.384. The summed E-state index contributed by atoms with van der Waals surface area (Å²) in [6, 6.07) is 1.60. The lowest BCUT2D eigenvalue weighted by atomic mass is 9.93. The third-order valence-electron chi connectivity index (χ3n) is 3.70. The molecule has 1 amide bonds. The van der Waals surface area contributed by atoms with Gasteiger partial charge in [-0.25, -0.2) is 0 Å². The number of rotatable bonds is 3. The second-order valence-electron chi connectivity index (χ2n) is 5.41. The van der Waals surface area contributed by atoms with E-state index in [1.165, 1.54) is 0 Å². The first-order chi connectivity index (χ1) is 8.59. The Morgan fingerprint density at radius 3 is 3.00 bits per heavy atom. The molecule has 1 saturated heterocycles. The fourth-order valence-corrected chi connectivity index (χ4v) is 2.42. The molecular weight excluding hydrogens is 228 g/mol. The standard InChI is InChI=1S/C13H22N4O/c1-9(2)12(14)13(18)17-7-3-4-10(8-17)11-5-6-15-16-11/h5-6,9-10,12H,3-4,7-8,14H2,1-2H3,(H,15,16). The quantitative estimate of drug-likeness (QED) is 0.843. The topological polar surface area (TPSA) is 75.0 Å². The van der Waals surface area contributed by atoms with Gasteiger partial charge in [0, 0.05) is 30.9 Å². The Morgan fingerprint density at radius 2 is 2.39 bits per heavy atom. The van der Waals surface area contributed by atoms with E-state index in [0.29, 0.717) is 5.92 Å². The third kappa shape index (κ3) is 2.72. The normalized spacial score (nSPS) is 22.2. The zero-order valence-electron chi connectivity index (χ0n) is 11.1. The Balaban J connectivity index is 2.01. The molecule has 2 heterocycles. The maximum atomic E-state index is 12.2. The Morgan fingerprint density at radius 1 is 1.61 bits per heavy atom. The van der Waals surface area contributed by atoms with Crippen molar-refractivity contribution in [1.29, 1.82) is 0 Å². The number of aromatic nitrogens is 2. The first-order valence-electron chi connectivity index (χ1n) is 6.63. The molecule has 1 aromatic heterocycles. The van der Waals surface area contributed by atoms with E-state index < -0.39 is 0 Å². The molecule has 5 heteroatoms. The van der Waals surface area contributed by atoms with Crippen LogP contribution < -0.4 is 5.73 Å². The van der Waals surface area contributed by atoms with Crippen molar-refractivity contribution in [3.05, 3.63) is 18.0 Å². The lowest BCUT2D eigenvalue weighted by Crippen LogP contribution is -2.49. The lowest BCUT2D eigenvalue weighted by Gasteiger charge is -2.34. The van der Waals surface area contributed by atoms with Crippen LogP contribution in [-0.2, 0) is 4.79 Å². The first-order valence-corrected chi connectivity index (χ1v) is 6.63. The van der Waals surface area contributed by atoms with Crippen molar-refractivity contribution in [3.8, 4) is 0 Å². The molecule has 1 fully saturated rings. The predicted octanol–water partition coefficient (Wildman–Crippen LogP) is 1.10. The molecule has 0 spiro atoms. The van der Waals surface area contributed by atoms with Gasteiger partial charge in [0.2, 0.25) is 5.91 Å². The number of piperidine rings is 1. The van der Waals surface area contributed by atoms with E-state index in [0.717, 1.165) is 31.6 Å². The van der Waals surface area contributed by atoms with E-state index in [1.807, 2.05) is 24.8 Å². The highest BCUT2D eigenvalue weighted by Gasteiger charge is 2.29. The number of H-pyrrole nitrogens is 1. The van der Waals surface area contributed by atoms with Crippen molar-refractivity contribution in [3.63, 3.8) is 0 Å². The fraction of sp³-hybridized carbons (Fsp3) is 0.692. The van der Waals surface area contributed by atoms with Crippen LogP contribution in [0.5, 0.6) is 0 Å². The SMILES string of the molecule is CC(C)C(N)C(=O)N1CCCC(c2ccn[nH]2)C1. The van der Waals surface area contributed by atoms with Crippen LogP contribution in [0.4, 0.5) is 0 Å². The molecule has 2 unspecified atom stereocenters. The van der Waals surface area contributed by atoms with Gasteiger partial charge in [-0.1, -0.05) is 13.8 Å². The summed E-state index contributed by atoms with van der Waals surface area (Å²) >= 11 is 0. The van der Waals surface area contributed by atoms with Crippen LogP contribution in [0.1, 0.15) is 38.3 Å². The fourth-order valence-electron chi connectivity index (χ4n) is 2.42. The number of nitrogens with zero attached hydrogens (tertiary/aromatic N) is 2. The molecule has 0 radical (unpaired) electrons. The van der Waals surface area contributed by atoms with Gasteiger partial charge in [-0.2, -0.15) is 5.10 Å². The van der Waals surface area contributed by atoms with Crippen LogP contribution in [0.15, 0.2) is 12.3 Å². The lowest BCUT2D eigenvalue weighted by molar-refractivity contribution is -0.134. The second kappa shape index (κ2) is 5.52. The molecule has 0 aromatic carbocycles. The number of hydrogen-bond acceptors (Lipinski definition) is 3. The second-order valence-corrected chi connectivity index (χ2v) is 5.41. The summed E-state index contributed by atoms with van der Waals surface area (Å²) in [7, 11) is 0. The smallest absolute Gasteiger partial charge is 0.239 e. The minimum absolute atomic E-state index is 0.0780. The first kappa shape index (κ1) is 13.1. The van der Waals surface area contributed by atoms with E-state index in [4.69, 9.17) is 5.73 Å². The molecule has 1 aliphatic rings. The summed E-state index contributed by atoms with van der Waals surface area (Å²) in [5.41, 5.74) is 7.06. The van der Waals surface area contributed by atoms with E-state index in [2.05, 4.69) is 10.2 Å². The predicted molar refractivity (Wildman–Crippen MR) is 70.0 cm³/mol. The Kier molecular flexibility index (Phi) is 4.01. The summed E-state index contributed by atoms with van der Waals surface area (Å²) in [6.45, 7) is 5.54. The molecule has 100 valence electrons. The Hall–Kier alpha value is -1.36. The van der Waals surface area contributed by atoms with Crippen LogP contribution in [-0.4, -0.2) is 40.1 Å². The zero-order chi connectivity index (χ0) is 13.1. The number of nitrogens with one attached hydrogen (secondary N) is 1. The third-order valence-corrected chi connectivity index (χ3v) is 3.70. The zero-order valence-corrected chi connectivity index (χ0v) is 11.1. The van der Waals surface area contributed by atoms with Crippen LogP contribution in [0.2, 0.25) is 0 Å². The van der Waals surface area contributed by atoms with Crippen LogP contribution >= 0.6 is 0 Å². The van der Waals surface area contributed by atoms with Crippen molar-refractivity contribution >= 4 is 5.91 Å². The van der Waals surface area contributed by atoms with Gasteiger partial charge in [0.25, 0.3) is 0 Å². The maximum Gasteiger partial charge on any atom is 0.239 e. The number of carbonyl (C=O) groups excluding carboxylic acids is 1. The molecule has 0 saturated carbocycles. The molecule has 0 aliphatic carbocycles. The number of aromatic amines is 1. The van der Waals surface area contributed by atoms with Gasteiger partial charge in [0.05, 0.1) is 6.04 Å². The molecule has 2 rings (SSSR count). The Bertz CT molecular complexity index is 388. The number of nitrogens with two attached hydrogens (primary N) is 1. The molecule has 1 aliphatic heterocycles. The molecule has 18 heavy (non-hydrogen) atoms. The van der Waals surface area contributed by atoms with Crippen LogP contribution in [0.3, 0.4) is 0 Å². The molecule has 5 nitrogen and oxygen atoms in total. The highest BCUT2D eigenvalue weighted by molar-refractivity contribution is 5.82. The summed E-state index contributed by atoms with van der Waals surface area (Å²) in [4.78, 5) is 14.1. The number of amides is 1. The van der Waals surface area contributed by atoms with Crippen molar-refractivity contribution in [1.82, 2.24) is 15.1 Å². The van der Waals surface area contributed by atoms with Gasteiger partial charge in [-0.3, -0.25) is 9.89 Å². The van der Waals surface area contributed by atoms with E-state index in [-0.39, 0.29) is 17.9 Å². The van der Waals surface area contributed by atoms with Gasteiger partial charge < -0.3 is 10.6 Å². The molecular formula is C13H22N4O. The molecule has 2 atom stereocenters. The summed E-state index contributed by atoms with van der Waals surface area (Å²) in [6.07, 6.45) is 3.89. The van der Waals surface area contributed by atoms with Crippen molar-refractivity contribution in [2.45, 2.75) is 38.6 Å². The van der Waals surface area contributed by atoms with Crippen LogP contribution in [0.25, 0.3) is 0 Å². The van der Waals surface area contributed by atoms with Gasteiger partial charge in [-0.05, 0) is 24.8 Å². The van der Waals surface area contributed by atoms with E-state index >= 15 is 0 Å². The summed E-state index contributed by atoms with van der Waals surface area (Å²) in [5.74, 6) is 0.629. The molecule has 3 N–H and O–H groups in total. The number of likely N-dealkylation sites (tertiary alicyclic amines) is 1. The summed E-state index contributed by atoms with van der Waals surface area (Å²) < 4.78 is 0. The average Bonchev–Trinajstić information content (AvgIpc) is 2.91. The van der Waals surface area contributed by atoms with Crippen LogP contribution in [0, 0.1) is 5.92 Å². The van der Waals surface area contributed by atoms with Gasteiger partial charge >= 0.3 is 0 Å². The highest BCUT2D eigenvalue weighted by Crippen LogP contribution is 2.25. The van der Waals surface area contributed by atoms with E-state index in [1.54, 1.807) is 6.20 Å². The van der Waals surface area contributed by atoms with E-state index in [9.17, 15) is 4.79 Å².